The Morgan fingerprint density at radius 1 is 1.37 bits per heavy atom. The summed E-state index contributed by atoms with van der Waals surface area (Å²) in [6, 6.07) is 3.69. The Labute approximate surface area is 110 Å². The van der Waals surface area contributed by atoms with Crippen LogP contribution in [0.15, 0.2) is 22.9 Å². The standard InChI is InChI=1S/C12H16N4O3/c1-17-9(6-13)12-15-10(16-19-12)5-8-3-4-11(18-2)14-7-8/h3-4,7,9H,5-6,13H2,1-2H3. The van der Waals surface area contributed by atoms with Gasteiger partial charge >= 0.3 is 0 Å². The number of nitrogens with zero attached hydrogens (tertiary/aromatic N) is 3. The van der Waals surface area contributed by atoms with Gasteiger partial charge in [-0.2, -0.15) is 4.98 Å². The number of methoxy groups -OCH3 is 2. The van der Waals surface area contributed by atoms with E-state index >= 15 is 0 Å². The fourth-order valence-corrected chi connectivity index (χ4v) is 1.59. The quantitative estimate of drug-likeness (QED) is 0.820. The molecule has 7 nitrogen and oxygen atoms in total. The first-order chi connectivity index (χ1) is 9.26. The Morgan fingerprint density at radius 3 is 2.79 bits per heavy atom. The SMILES string of the molecule is COc1ccc(Cc2noc(C(CN)OC)n2)cn1. The van der Waals surface area contributed by atoms with Crippen molar-refractivity contribution in [3.05, 3.63) is 35.6 Å². The second kappa shape index (κ2) is 6.26. The van der Waals surface area contributed by atoms with E-state index in [4.69, 9.17) is 19.7 Å². The zero-order valence-electron chi connectivity index (χ0n) is 10.9. The minimum Gasteiger partial charge on any atom is -0.481 e. The first-order valence-electron chi connectivity index (χ1n) is 5.81. The summed E-state index contributed by atoms with van der Waals surface area (Å²) in [4.78, 5) is 8.36. The van der Waals surface area contributed by atoms with Crippen LogP contribution in [-0.2, 0) is 11.2 Å². The number of nitrogens with two attached hydrogens (primary N) is 1. The fourth-order valence-electron chi connectivity index (χ4n) is 1.59. The fraction of sp³-hybridized carbons (Fsp3) is 0.417. The molecule has 2 rings (SSSR count). The molecule has 7 heteroatoms. The van der Waals surface area contributed by atoms with E-state index in [0.717, 1.165) is 5.56 Å². The van der Waals surface area contributed by atoms with Gasteiger partial charge in [-0.15, -0.1) is 0 Å². The predicted octanol–water partition coefficient (Wildman–Crippen LogP) is 0.710. The molecule has 1 atom stereocenters. The summed E-state index contributed by atoms with van der Waals surface area (Å²) in [5.41, 5.74) is 6.50. The summed E-state index contributed by atoms with van der Waals surface area (Å²) < 4.78 is 15.2. The predicted molar refractivity (Wildman–Crippen MR) is 66.7 cm³/mol. The van der Waals surface area contributed by atoms with E-state index in [1.54, 1.807) is 26.5 Å². The largest absolute Gasteiger partial charge is 0.481 e. The average Bonchev–Trinajstić information content (AvgIpc) is 2.89. The van der Waals surface area contributed by atoms with Crippen molar-refractivity contribution in [2.24, 2.45) is 5.73 Å². The molecule has 2 aromatic rings. The van der Waals surface area contributed by atoms with Crippen molar-refractivity contribution >= 4 is 0 Å². The molecule has 0 fully saturated rings. The van der Waals surface area contributed by atoms with Crippen LogP contribution in [-0.4, -0.2) is 35.9 Å². The van der Waals surface area contributed by atoms with Crippen LogP contribution in [0.2, 0.25) is 0 Å². The molecule has 102 valence electrons. The number of hydrogen-bond donors (Lipinski definition) is 1. The van der Waals surface area contributed by atoms with Crippen molar-refractivity contribution in [2.75, 3.05) is 20.8 Å². The van der Waals surface area contributed by atoms with Crippen LogP contribution < -0.4 is 10.5 Å². The highest BCUT2D eigenvalue weighted by molar-refractivity contribution is 5.20. The lowest BCUT2D eigenvalue weighted by atomic mass is 10.2. The molecule has 0 spiro atoms. The van der Waals surface area contributed by atoms with Crippen LogP contribution in [0, 0.1) is 0 Å². The summed E-state index contributed by atoms with van der Waals surface area (Å²) in [6.07, 6.45) is 1.88. The molecule has 0 aromatic carbocycles. The minimum absolute atomic E-state index is 0.294. The molecule has 0 aliphatic carbocycles. The van der Waals surface area contributed by atoms with Crippen LogP contribution >= 0.6 is 0 Å². The third kappa shape index (κ3) is 3.27. The molecular weight excluding hydrogens is 248 g/mol. The number of hydrogen-bond acceptors (Lipinski definition) is 7. The second-order valence-corrected chi connectivity index (χ2v) is 3.89. The molecule has 19 heavy (non-hydrogen) atoms. The molecule has 2 heterocycles. The van der Waals surface area contributed by atoms with Crippen LogP contribution in [0.3, 0.4) is 0 Å². The Balaban J connectivity index is 2.06. The van der Waals surface area contributed by atoms with Gasteiger partial charge in [-0.05, 0) is 5.56 Å². The summed E-state index contributed by atoms with van der Waals surface area (Å²) in [6.45, 7) is 0.294. The van der Waals surface area contributed by atoms with Crippen molar-refractivity contribution in [3.63, 3.8) is 0 Å². The zero-order valence-corrected chi connectivity index (χ0v) is 10.9. The van der Waals surface area contributed by atoms with Crippen molar-refractivity contribution in [1.82, 2.24) is 15.1 Å². The van der Waals surface area contributed by atoms with Gasteiger partial charge in [-0.3, -0.25) is 0 Å². The number of aromatic nitrogens is 3. The van der Waals surface area contributed by atoms with Crippen LogP contribution in [0.4, 0.5) is 0 Å². The van der Waals surface area contributed by atoms with Crippen molar-refractivity contribution < 1.29 is 14.0 Å². The molecule has 0 amide bonds. The minimum atomic E-state index is -0.366. The highest BCUT2D eigenvalue weighted by Crippen LogP contribution is 2.15. The van der Waals surface area contributed by atoms with E-state index in [2.05, 4.69) is 15.1 Å². The topological polar surface area (TPSA) is 96.3 Å². The van der Waals surface area contributed by atoms with Gasteiger partial charge in [0, 0.05) is 32.3 Å². The molecule has 0 radical (unpaired) electrons. The monoisotopic (exact) mass is 264 g/mol. The highest BCUT2D eigenvalue weighted by atomic mass is 16.5. The third-order valence-electron chi connectivity index (χ3n) is 2.63. The Bertz CT molecular complexity index is 508. The van der Waals surface area contributed by atoms with Crippen molar-refractivity contribution in [3.8, 4) is 5.88 Å². The zero-order chi connectivity index (χ0) is 13.7. The highest BCUT2D eigenvalue weighted by Gasteiger charge is 2.16. The van der Waals surface area contributed by atoms with E-state index in [1.807, 2.05) is 6.07 Å². The van der Waals surface area contributed by atoms with Gasteiger partial charge in [0.05, 0.1) is 7.11 Å². The van der Waals surface area contributed by atoms with Crippen molar-refractivity contribution in [2.45, 2.75) is 12.5 Å². The normalized spacial score (nSPS) is 12.4. The molecule has 1 unspecified atom stereocenters. The first-order valence-corrected chi connectivity index (χ1v) is 5.81. The Hall–Kier alpha value is -1.99. The van der Waals surface area contributed by atoms with Gasteiger partial charge in [0.25, 0.3) is 5.89 Å². The number of rotatable bonds is 6. The van der Waals surface area contributed by atoms with Crippen LogP contribution in [0.5, 0.6) is 5.88 Å². The van der Waals surface area contributed by atoms with Crippen LogP contribution in [0.25, 0.3) is 0 Å². The molecule has 0 saturated heterocycles. The smallest absolute Gasteiger partial charge is 0.257 e. The third-order valence-corrected chi connectivity index (χ3v) is 2.63. The van der Waals surface area contributed by atoms with E-state index in [0.29, 0.717) is 30.6 Å². The Kier molecular flexibility index (Phi) is 4.43. The van der Waals surface area contributed by atoms with Gasteiger partial charge in [-0.1, -0.05) is 11.2 Å². The molecule has 0 aliphatic rings. The van der Waals surface area contributed by atoms with Gasteiger partial charge in [0.1, 0.15) is 6.10 Å². The maximum Gasteiger partial charge on any atom is 0.257 e. The van der Waals surface area contributed by atoms with Gasteiger partial charge in [0.15, 0.2) is 5.82 Å². The summed E-state index contributed by atoms with van der Waals surface area (Å²) in [5.74, 6) is 1.53. The van der Waals surface area contributed by atoms with Gasteiger partial charge in [0.2, 0.25) is 5.88 Å². The lowest BCUT2D eigenvalue weighted by Crippen LogP contribution is -2.14. The molecule has 0 bridgehead atoms. The average molecular weight is 264 g/mol. The van der Waals surface area contributed by atoms with Crippen LogP contribution in [0.1, 0.15) is 23.4 Å². The summed E-state index contributed by atoms with van der Waals surface area (Å²) in [7, 11) is 3.12. The number of pyridine rings is 1. The van der Waals surface area contributed by atoms with Gasteiger partial charge < -0.3 is 19.7 Å². The van der Waals surface area contributed by atoms with E-state index in [1.165, 1.54) is 0 Å². The summed E-state index contributed by atoms with van der Waals surface area (Å²) in [5, 5.41) is 3.89. The second-order valence-electron chi connectivity index (χ2n) is 3.89. The molecule has 2 N–H and O–H groups in total. The molecule has 2 aromatic heterocycles. The maximum absolute atomic E-state index is 5.53. The molecule has 0 saturated carbocycles. The first kappa shape index (κ1) is 13.4. The van der Waals surface area contributed by atoms with Gasteiger partial charge in [-0.25, -0.2) is 4.98 Å². The summed E-state index contributed by atoms with van der Waals surface area (Å²) >= 11 is 0. The molecular formula is C12H16N4O3. The van der Waals surface area contributed by atoms with E-state index in [-0.39, 0.29) is 6.10 Å². The maximum atomic E-state index is 5.53. The molecule has 0 aliphatic heterocycles. The van der Waals surface area contributed by atoms with Crippen molar-refractivity contribution in [1.29, 1.82) is 0 Å². The number of ether oxygens (including phenoxy) is 2. The Morgan fingerprint density at radius 2 is 2.21 bits per heavy atom. The van der Waals surface area contributed by atoms with E-state index < -0.39 is 0 Å². The lowest BCUT2D eigenvalue weighted by molar-refractivity contribution is 0.0804. The van der Waals surface area contributed by atoms with E-state index in [9.17, 15) is 0 Å². The lowest BCUT2D eigenvalue weighted by Gasteiger charge is -2.05.